The quantitative estimate of drug-likeness (QED) is 0.0211. The van der Waals surface area contributed by atoms with E-state index in [0.29, 0.717) is 57.3 Å². The monoisotopic (exact) mass is 1720 g/mol. The van der Waals surface area contributed by atoms with E-state index in [1.54, 1.807) is 88.9 Å². The number of aryl methyl sites for hydroxylation is 3. The molecule has 0 unspecified atom stereocenters. The number of fused-ring (bicyclic) bond motifs is 3. The lowest BCUT2D eigenvalue weighted by molar-refractivity contribution is -0.141. The van der Waals surface area contributed by atoms with Gasteiger partial charge in [0.2, 0.25) is 35.4 Å². The highest BCUT2D eigenvalue weighted by atomic mass is 16.6. The van der Waals surface area contributed by atoms with E-state index < -0.39 is 77.4 Å². The maximum absolute atomic E-state index is 14.0. The number of nitrogens with zero attached hydrogens (tertiary/aromatic N) is 12. The lowest BCUT2D eigenvalue weighted by atomic mass is 9.96. The van der Waals surface area contributed by atoms with Crippen molar-refractivity contribution >= 4 is 98.3 Å². The highest BCUT2D eigenvalue weighted by molar-refractivity contribution is 5.94. The Morgan fingerprint density at radius 3 is 1.00 bits per heavy atom. The molecule has 3 saturated heterocycles. The molecule has 6 aromatic carbocycles. The molecule has 3 fully saturated rings. The molecule has 9 aromatic rings. The fourth-order valence-electron chi connectivity index (χ4n) is 15.6. The molecular formula is C90H116N18O17. The van der Waals surface area contributed by atoms with Gasteiger partial charge in [0.15, 0.2) is 0 Å². The van der Waals surface area contributed by atoms with Crippen molar-refractivity contribution in [3.8, 4) is 17.2 Å². The van der Waals surface area contributed by atoms with E-state index in [2.05, 4.69) is 57.5 Å². The lowest BCUT2D eigenvalue weighted by Gasteiger charge is -2.29. The minimum Gasteiger partial charge on any atom is -0.497 e. The van der Waals surface area contributed by atoms with E-state index in [9.17, 15) is 57.8 Å². The number of nitrogens with two attached hydrogens (primary N) is 1. The zero-order chi connectivity index (χ0) is 90.6. The third-order valence-electron chi connectivity index (χ3n) is 21.9. The molecule has 3 aliphatic rings. The number of carboxylic acid groups (broad SMARTS) is 1. The van der Waals surface area contributed by atoms with Crippen LogP contribution in [0.15, 0.2) is 127 Å². The van der Waals surface area contributed by atoms with Gasteiger partial charge in [-0.25, -0.2) is 23.6 Å². The molecule has 6 heterocycles. The highest BCUT2D eigenvalue weighted by Gasteiger charge is 2.45. The first-order valence-electron chi connectivity index (χ1n) is 41.8. The number of ether oxygens (including phenoxy) is 5. The van der Waals surface area contributed by atoms with Gasteiger partial charge in [-0.2, -0.15) is 0 Å². The van der Waals surface area contributed by atoms with Gasteiger partial charge in [-0.05, 0) is 237 Å². The number of ketones is 2. The van der Waals surface area contributed by atoms with Crippen molar-refractivity contribution in [3.05, 3.63) is 161 Å². The maximum atomic E-state index is 14.0. The van der Waals surface area contributed by atoms with Crippen LogP contribution >= 0.6 is 0 Å². The van der Waals surface area contributed by atoms with Gasteiger partial charge < -0.3 is 85.4 Å². The molecule has 0 aliphatic carbocycles. The van der Waals surface area contributed by atoms with Crippen molar-refractivity contribution < 1.29 is 81.5 Å². The molecule has 35 heteroatoms. The summed E-state index contributed by atoms with van der Waals surface area (Å²) in [6.07, 6.45) is 1.95. The van der Waals surface area contributed by atoms with E-state index in [1.807, 2.05) is 141 Å². The summed E-state index contributed by atoms with van der Waals surface area (Å²) in [6, 6.07) is 34.9. The number of aliphatic carboxylic acids is 1. The average molecular weight is 1720 g/mol. The van der Waals surface area contributed by atoms with Crippen LogP contribution in [0.2, 0.25) is 0 Å². The van der Waals surface area contributed by atoms with Gasteiger partial charge in [0.25, 0.3) is 0 Å². The van der Waals surface area contributed by atoms with Gasteiger partial charge in [0.1, 0.15) is 86.8 Å². The van der Waals surface area contributed by atoms with Crippen molar-refractivity contribution in [2.75, 3.05) is 41.0 Å². The smallest absolute Gasteiger partial charge is 0.408 e. The van der Waals surface area contributed by atoms with Gasteiger partial charge >= 0.3 is 18.2 Å². The molecule has 0 saturated carbocycles. The van der Waals surface area contributed by atoms with E-state index >= 15 is 0 Å². The number of carbonyl (C=O) groups is 11. The lowest BCUT2D eigenvalue weighted by Crippen LogP contribution is -2.54. The molecule has 668 valence electrons. The minimum absolute atomic E-state index is 0.00554. The summed E-state index contributed by atoms with van der Waals surface area (Å²) in [7, 11) is 10.3. The number of Topliss-reactive ketones (excluding diaryl/α,β-unsaturated/α-hetero) is 2. The van der Waals surface area contributed by atoms with Crippen molar-refractivity contribution in [1.82, 2.24) is 86.3 Å². The number of hydrogen-bond acceptors (Lipinski definition) is 23. The molecule has 3 aromatic heterocycles. The Balaban J connectivity index is 0.000000197. The molecule has 9 atom stereocenters. The number of nitrogens with one attached hydrogen (secondary N) is 5. The number of carboxylic acids is 1. The van der Waals surface area contributed by atoms with Gasteiger partial charge in [0.05, 0.1) is 43.9 Å². The van der Waals surface area contributed by atoms with Gasteiger partial charge in [0, 0.05) is 79.7 Å². The second-order valence-electron chi connectivity index (χ2n) is 34.2. The first-order valence-corrected chi connectivity index (χ1v) is 41.8. The number of methoxy groups -OCH3 is 3. The van der Waals surface area contributed by atoms with Gasteiger partial charge in [-0.3, -0.25) is 33.6 Å². The Labute approximate surface area is 725 Å². The minimum atomic E-state index is -1.19. The van der Waals surface area contributed by atoms with E-state index in [-0.39, 0.29) is 111 Å². The number of benzene rings is 6. The SMILES string of the molecule is COc1ccc(C[C@@H]2C[C@@H](C(=O)NCc3ccc4c(c3)nnn4C)N(C(=O)[C@@H](CCC(=O)O)NC(=O)OC(C)(C)C)C2)cc1.COc1ccc(C[C@@H]2C[C@@H](C(=O)NCc3ccc4c(c3)nnn4C)N(C(=O)[C@@H](CCC(C)=O)NC(=O)OC(C)(C)C)C2)cc1.COc1ccc(C[C@@H]2C[C@@H](C(=O)NCc3ccc4c(c3)nnn4C)N(C(=O)[C@H](N)CCC(C)=O)C2)cc1. The Hall–Kier alpha value is -13.0. The molecule has 8 N–H and O–H groups in total. The predicted octanol–water partition coefficient (Wildman–Crippen LogP) is 7.88. The molecule has 0 radical (unpaired) electrons. The largest absolute Gasteiger partial charge is 0.497 e. The van der Waals surface area contributed by atoms with E-state index in [4.69, 9.17) is 29.4 Å². The average Bonchev–Trinajstić information content (AvgIpc) is 1.66. The normalized spacial score (nSPS) is 17.5. The van der Waals surface area contributed by atoms with Crippen LogP contribution in [0.3, 0.4) is 0 Å². The summed E-state index contributed by atoms with van der Waals surface area (Å²) < 4.78 is 31.5. The van der Waals surface area contributed by atoms with Crippen LogP contribution < -0.4 is 46.5 Å². The van der Waals surface area contributed by atoms with Crippen molar-refractivity contribution in [3.63, 3.8) is 0 Å². The van der Waals surface area contributed by atoms with Crippen molar-refractivity contribution in [2.45, 2.75) is 200 Å². The Morgan fingerprint density at radius 1 is 0.424 bits per heavy atom. The second kappa shape index (κ2) is 42.9. The van der Waals surface area contributed by atoms with Gasteiger partial charge in [-0.15, -0.1) is 15.3 Å². The topological polar surface area (TPSA) is 442 Å². The summed E-state index contributed by atoms with van der Waals surface area (Å²) in [6.45, 7) is 14.9. The summed E-state index contributed by atoms with van der Waals surface area (Å²) in [5.41, 5.74) is 15.1. The fourth-order valence-corrected chi connectivity index (χ4v) is 15.6. The number of rotatable bonds is 32. The number of hydrogen-bond donors (Lipinski definition) is 7. The molecule has 125 heavy (non-hydrogen) atoms. The second-order valence-corrected chi connectivity index (χ2v) is 34.2. The van der Waals surface area contributed by atoms with Crippen LogP contribution in [0.4, 0.5) is 9.59 Å². The van der Waals surface area contributed by atoms with Crippen LogP contribution in [0.25, 0.3) is 33.1 Å². The number of alkyl carbamates (subject to hydrolysis) is 2. The zero-order valence-electron chi connectivity index (χ0n) is 73.5. The molecule has 0 spiro atoms. The first-order chi connectivity index (χ1) is 59.4. The van der Waals surface area contributed by atoms with E-state index in [1.165, 1.54) is 23.6 Å². The van der Waals surface area contributed by atoms with Crippen LogP contribution in [-0.2, 0) is 113 Å². The molecular weight excluding hydrogens is 1610 g/mol. The van der Waals surface area contributed by atoms with Crippen molar-refractivity contribution in [1.29, 1.82) is 0 Å². The van der Waals surface area contributed by atoms with E-state index in [0.717, 1.165) is 84.6 Å². The third-order valence-corrected chi connectivity index (χ3v) is 21.9. The molecule has 0 bridgehead atoms. The number of aromatic nitrogens is 9. The summed E-state index contributed by atoms with van der Waals surface area (Å²) in [5.74, 6) is -1.05. The van der Waals surface area contributed by atoms with Crippen molar-refractivity contribution in [2.24, 2.45) is 44.6 Å². The standard InChI is InChI=1S/C32H42N6O6.C31H40N6O7.C27H34N6O4/c1-20(39)7-13-25(34-31(42)44-32(2,3)4)30(41)38-19-23(15-21-8-11-24(43-6)12-9-21)17-28(38)29(40)33-18-22-10-14-27-26(16-22)35-36-37(27)5;1-31(2,3)44-30(42)33-23(11-13-27(38)39)29(41)37-18-21(14-19-6-9-22(43-5)10-7-19)16-26(37)28(40)32-17-20-8-12-25-24(15-20)34-35-36(25)4;1-17(34)4-10-22(28)27(36)33-16-20(12-18-5-8-21(37-3)9-6-18)14-25(33)26(35)29-15-19-7-11-24-23(13-19)30-31-32(24)2/h8-12,14,16,23,25,28H,7,13,15,17-19H2,1-6H3,(H,33,40)(H,34,42);6-10,12,15,21,23,26H,11,13-14,16-18H2,1-5H3,(H,32,40)(H,33,42)(H,38,39);5-9,11,13,20,22,25H,4,10,12,14-16,28H2,1-3H3,(H,29,35)/t23-,25-,28+;21-,23-,26+;20-,22-,25+/m111/s1. The number of amides is 8. The van der Waals surface area contributed by atoms with Crippen LogP contribution in [-0.4, -0.2) is 218 Å². The Kier molecular flexibility index (Phi) is 32.4. The van der Waals surface area contributed by atoms with Crippen LogP contribution in [0.1, 0.15) is 147 Å². The Morgan fingerprint density at radius 2 is 0.712 bits per heavy atom. The number of likely N-dealkylation sites (tertiary alicyclic amines) is 3. The highest BCUT2D eigenvalue weighted by Crippen LogP contribution is 2.34. The molecule has 35 nitrogen and oxygen atoms in total. The molecule has 12 rings (SSSR count). The van der Waals surface area contributed by atoms with Crippen LogP contribution in [0.5, 0.6) is 17.2 Å². The molecule has 8 amide bonds. The zero-order valence-corrected chi connectivity index (χ0v) is 73.5. The summed E-state index contributed by atoms with van der Waals surface area (Å²) >= 11 is 0. The Bertz CT molecular complexity index is 5070. The molecule has 3 aliphatic heterocycles. The first kappa shape index (κ1) is 94.3. The summed E-state index contributed by atoms with van der Waals surface area (Å²) in [5, 5.41) is 47.9. The number of carbonyl (C=O) groups excluding carboxylic acids is 10. The predicted molar refractivity (Wildman–Crippen MR) is 463 cm³/mol. The summed E-state index contributed by atoms with van der Waals surface area (Å²) in [4.78, 5) is 146. The van der Waals surface area contributed by atoms with Gasteiger partial charge in [-0.1, -0.05) is 70.2 Å². The van der Waals surface area contributed by atoms with Crippen LogP contribution in [0, 0.1) is 17.8 Å². The third kappa shape index (κ3) is 27.0. The maximum Gasteiger partial charge on any atom is 0.408 e. The fraction of sp³-hybridized carbons (Fsp3) is 0.478.